The Balaban J connectivity index is 1.69. The number of amides is 1. The Labute approximate surface area is 139 Å². The molecule has 0 radical (unpaired) electrons. The van der Waals surface area contributed by atoms with E-state index in [2.05, 4.69) is 20.5 Å². The average molecular weight is 340 g/mol. The van der Waals surface area contributed by atoms with Crippen LogP contribution < -0.4 is 5.32 Å². The number of hydrogen-bond acceptors (Lipinski definition) is 4. The number of halogens is 2. The van der Waals surface area contributed by atoms with Crippen molar-refractivity contribution >= 4 is 17.4 Å². The molecule has 0 aliphatic carbocycles. The van der Waals surface area contributed by atoms with Gasteiger partial charge < -0.3 is 5.32 Å². The smallest absolute Gasteiger partial charge is 0.262 e. The van der Waals surface area contributed by atoms with E-state index < -0.39 is 17.5 Å². The molecule has 9 heteroatoms. The molecule has 0 spiro atoms. The fourth-order valence-corrected chi connectivity index (χ4v) is 2.41. The molecular formula is C16H10F2N6O. The van der Waals surface area contributed by atoms with Crippen LogP contribution in [0.5, 0.6) is 0 Å². The Morgan fingerprint density at radius 2 is 2.00 bits per heavy atom. The van der Waals surface area contributed by atoms with E-state index in [1.54, 1.807) is 18.5 Å². The zero-order valence-corrected chi connectivity index (χ0v) is 12.6. The number of fused-ring (bicyclic) bond motifs is 1. The van der Waals surface area contributed by atoms with E-state index in [1.807, 2.05) is 0 Å². The predicted octanol–water partition coefficient (Wildman–Crippen LogP) is 2.45. The second-order valence-corrected chi connectivity index (χ2v) is 5.12. The maximum absolute atomic E-state index is 14.0. The van der Waals surface area contributed by atoms with E-state index in [9.17, 15) is 13.6 Å². The third kappa shape index (κ3) is 2.61. The molecular weight excluding hydrogens is 330 g/mol. The minimum atomic E-state index is -0.668. The molecule has 124 valence electrons. The Morgan fingerprint density at radius 1 is 1.12 bits per heavy atom. The zero-order valence-electron chi connectivity index (χ0n) is 12.6. The summed E-state index contributed by atoms with van der Waals surface area (Å²) in [7, 11) is 0. The van der Waals surface area contributed by atoms with Crippen LogP contribution >= 0.6 is 0 Å². The highest BCUT2D eigenvalue weighted by Gasteiger charge is 2.17. The molecule has 0 bridgehead atoms. The van der Waals surface area contributed by atoms with E-state index in [-0.39, 0.29) is 17.1 Å². The van der Waals surface area contributed by atoms with Gasteiger partial charge in [0.1, 0.15) is 28.7 Å². The highest BCUT2D eigenvalue weighted by atomic mass is 19.1. The second kappa shape index (κ2) is 5.78. The number of aromatic nitrogens is 5. The normalized spacial score (nSPS) is 11.0. The Bertz CT molecular complexity index is 1090. The molecule has 4 rings (SSSR count). The van der Waals surface area contributed by atoms with Crippen molar-refractivity contribution in [2.75, 3.05) is 5.32 Å². The van der Waals surface area contributed by atoms with Gasteiger partial charge in [-0.3, -0.25) is 4.79 Å². The molecule has 0 aliphatic heterocycles. The SMILES string of the molecule is O=C(Nc1ccnn1-c1cc(F)ccc1F)c1cnn2cccnc12. The van der Waals surface area contributed by atoms with Crippen LogP contribution in [0.4, 0.5) is 14.6 Å². The minimum Gasteiger partial charge on any atom is -0.306 e. The summed E-state index contributed by atoms with van der Waals surface area (Å²) in [5, 5.41) is 10.6. The van der Waals surface area contributed by atoms with Gasteiger partial charge in [-0.25, -0.2) is 23.0 Å². The van der Waals surface area contributed by atoms with Crippen molar-refractivity contribution in [2.24, 2.45) is 0 Å². The average Bonchev–Trinajstić information content (AvgIpc) is 3.23. The zero-order chi connectivity index (χ0) is 17.4. The largest absolute Gasteiger partial charge is 0.306 e. The maximum atomic E-state index is 14.0. The Hall–Kier alpha value is -3.62. The Morgan fingerprint density at radius 3 is 2.88 bits per heavy atom. The fraction of sp³-hybridized carbons (Fsp3) is 0. The molecule has 0 unspecified atom stereocenters. The van der Waals surface area contributed by atoms with E-state index in [1.165, 1.54) is 23.0 Å². The van der Waals surface area contributed by atoms with Crippen LogP contribution in [0.1, 0.15) is 10.4 Å². The number of carbonyl (C=O) groups excluding carboxylic acids is 1. The standard InChI is InChI=1S/C16H10F2N6O/c17-10-2-3-12(18)13(8-10)24-14(4-6-20-24)22-16(25)11-9-21-23-7-1-5-19-15(11)23/h1-9H,(H,22,25). The molecule has 3 aromatic heterocycles. The molecule has 7 nitrogen and oxygen atoms in total. The molecule has 0 atom stereocenters. The molecule has 4 aromatic rings. The van der Waals surface area contributed by atoms with Crippen molar-refractivity contribution < 1.29 is 13.6 Å². The van der Waals surface area contributed by atoms with Crippen molar-refractivity contribution in [3.8, 4) is 5.69 Å². The van der Waals surface area contributed by atoms with Gasteiger partial charge in [-0.1, -0.05) is 0 Å². The lowest BCUT2D eigenvalue weighted by atomic mass is 10.3. The lowest BCUT2D eigenvalue weighted by Gasteiger charge is -2.09. The quantitative estimate of drug-likeness (QED) is 0.621. The topological polar surface area (TPSA) is 77.1 Å². The summed E-state index contributed by atoms with van der Waals surface area (Å²) in [5.74, 6) is -1.59. The van der Waals surface area contributed by atoms with Crippen LogP contribution in [-0.2, 0) is 0 Å². The molecule has 1 N–H and O–H groups in total. The number of benzene rings is 1. The Kier molecular flexibility index (Phi) is 3.46. The van der Waals surface area contributed by atoms with Gasteiger partial charge in [0.05, 0.1) is 12.4 Å². The minimum absolute atomic E-state index is 0.113. The number of rotatable bonds is 3. The highest BCUT2D eigenvalue weighted by Crippen LogP contribution is 2.20. The molecule has 1 aromatic carbocycles. The van der Waals surface area contributed by atoms with Gasteiger partial charge in [0.2, 0.25) is 0 Å². The number of nitrogens with one attached hydrogen (secondary N) is 1. The first kappa shape index (κ1) is 14.9. The van der Waals surface area contributed by atoms with Crippen LogP contribution in [0.15, 0.2) is 55.1 Å². The van der Waals surface area contributed by atoms with Crippen molar-refractivity contribution in [3.63, 3.8) is 0 Å². The van der Waals surface area contributed by atoms with Gasteiger partial charge in [0.25, 0.3) is 5.91 Å². The first-order valence-electron chi connectivity index (χ1n) is 7.22. The molecule has 0 fully saturated rings. The third-order valence-corrected chi connectivity index (χ3v) is 3.54. The number of anilines is 1. The maximum Gasteiger partial charge on any atom is 0.262 e. The second-order valence-electron chi connectivity index (χ2n) is 5.12. The molecule has 1 amide bonds. The molecule has 0 aliphatic rings. The van der Waals surface area contributed by atoms with E-state index in [0.29, 0.717) is 5.65 Å². The van der Waals surface area contributed by atoms with Gasteiger partial charge in [-0.2, -0.15) is 10.2 Å². The van der Waals surface area contributed by atoms with Crippen LogP contribution in [0.25, 0.3) is 11.3 Å². The van der Waals surface area contributed by atoms with Gasteiger partial charge in [0, 0.05) is 24.5 Å². The van der Waals surface area contributed by atoms with E-state index in [0.717, 1.165) is 22.9 Å². The lowest BCUT2D eigenvalue weighted by molar-refractivity contribution is 0.102. The van der Waals surface area contributed by atoms with Gasteiger partial charge >= 0.3 is 0 Å². The van der Waals surface area contributed by atoms with Crippen molar-refractivity contribution in [1.29, 1.82) is 0 Å². The summed E-state index contributed by atoms with van der Waals surface area (Å²) in [4.78, 5) is 16.6. The molecule has 0 saturated heterocycles. The van der Waals surface area contributed by atoms with Crippen LogP contribution in [-0.4, -0.2) is 30.3 Å². The highest BCUT2D eigenvalue weighted by molar-refractivity contribution is 6.07. The molecule has 25 heavy (non-hydrogen) atoms. The van der Waals surface area contributed by atoms with E-state index in [4.69, 9.17) is 0 Å². The fourth-order valence-electron chi connectivity index (χ4n) is 2.41. The van der Waals surface area contributed by atoms with Gasteiger partial charge in [-0.05, 0) is 18.2 Å². The summed E-state index contributed by atoms with van der Waals surface area (Å²) in [6, 6.07) is 6.15. The summed E-state index contributed by atoms with van der Waals surface area (Å²) >= 11 is 0. The predicted molar refractivity (Wildman–Crippen MR) is 84.4 cm³/mol. The summed E-state index contributed by atoms with van der Waals surface area (Å²) in [6.45, 7) is 0. The van der Waals surface area contributed by atoms with E-state index >= 15 is 0 Å². The molecule has 0 saturated carbocycles. The van der Waals surface area contributed by atoms with Crippen LogP contribution in [0.3, 0.4) is 0 Å². The lowest BCUT2D eigenvalue weighted by Crippen LogP contribution is -2.15. The van der Waals surface area contributed by atoms with Crippen molar-refractivity contribution in [2.45, 2.75) is 0 Å². The summed E-state index contributed by atoms with van der Waals surface area (Å²) in [6.07, 6.45) is 5.95. The van der Waals surface area contributed by atoms with Crippen LogP contribution in [0.2, 0.25) is 0 Å². The van der Waals surface area contributed by atoms with Crippen molar-refractivity contribution in [3.05, 3.63) is 72.3 Å². The number of carbonyl (C=O) groups is 1. The summed E-state index contributed by atoms with van der Waals surface area (Å²) < 4.78 is 29.9. The van der Waals surface area contributed by atoms with Crippen LogP contribution in [0, 0.1) is 11.6 Å². The van der Waals surface area contributed by atoms with Gasteiger partial charge in [0.15, 0.2) is 5.65 Å². The van der Waals surface area contributed by atoms with Crippen molar-refractivity contribution in [1.82, 2.24) is 24.4 Å². The van der Waals surface area contributed by atoms with Gasteiger partial charge in [-0.15, -0.1) is 0 Å². The first-order valence-corrected chi connectivity index (χ1v) is 7.22. The summed E-state index contributed by atoms with van der Waals surface area (Å²) in [5.41, 5.74) is 0.509. The monoisotopic (exact) mass is 340 g/mol. The third-order valence-electron chi connectivity index (χ3n) is 3.54. The number of nitrogens with zero attached hydrogens (tertiary/aromatic N) is 5. The first-order chi connectivity index (χ1) is 12.1. The molecule has 3 heterocycles. The number of hydrogen-bond donors (Lipinski definition) is 1.